The van der Waals surface area contributed by atoms with Crippen molar-refractivity contribution >= 4 is 21.9 Å². The average Bonchev–Trinajstić information content (AvgIpc) is 2.87. The topological polar surface area (TPSA) is 69.7 Å². The van der Waals surface area contributed by atoms with E-state index in [9.17, 15) is 4.79 Å². The summed E-state index contributed by atoms with van der Waals surface area (Å²) in [6.45, 7) is 1.93. The molecule has 1 N–H and O–H groups in total. The molecule has 2 fully saturated rings. The SMILES string of the molecule is COC(=O)COC1(c2ccc(Br)nc2)COC2(CNC2)C1. The Kier molecular flexibility index (Phi) is 4.00. The van der Waals surface area contributed by atoms with E-state index in [1.54, 1.807) is 6.20 Å². The second-order valence-electron chi connectivity index (χ2n) is 5.48. The number of carbonyl (C=O) groups excluding carboxylic acids is 1. The molecule has 0 radical (unpaired) electrons. The largest absolute Gasteiger partial charge is 0.467 e. The number of hydrogen-bond donors (Lipinski definition) is 1. The standard InChI is InChI=1S/C14H17BrN2O4/c1-19-12(18)5-20-14(10-2-3-11(15)17-4-10)6-13(21-9-14)7-16-8-13/h2-4,16H,5-9H2,1H3. The number of nitrogens with zero attached hydrogens (tertiary/aromatic N) is 1. The van der Waals surface area contributed by atoms with Gasteiger partial charge < -0.3 is 19.5 Å². The first-order valence-electron chi connectivity index (χ1n) is 6.75. The molecule has 2 aliphatic rings. The number of hydrogen-bond acceptors (Lipinski definition) is 6. The lowest BCUT2D eigenvalue weighted by Crippen LogP contribution is -2.59. The van der Waals surface area contributed by atoms with E-state index in [0.29, 0.717) is 13.0 Å². The van der Waals surface area contributed by atoms with Crippen LogP contribution >= 0.6 is 15.9 Å². The molecular formula is C14H17BrN2O4. The first-order chi connectivity index (χ1) is 10.1. The molecule has 0 aromatic carbocycles. The number of esters is 1. The Bertz CT molecular complexity index is 532. The maximum absolute atomic E-state index is 11.4. The normalized spacial score (nSPS) is 26.6. The Balaban J connectivity index is 1.84. The number of ether oxygens (including phenoxy) is 3. The van der Waals surface area contributed by atoms with Crippen LogP contribution in [0, 0.1) is 0 Å². The fourth-order valence-electron chi connectivity index (χ4n) is 2.79. The van der Waals surface area contributed by atoms with Gasteiger partial charge in [0.1, 0.15) is 16.8 Å². The average molecular weight is 357 g/mol. The Morgan fingerprint density at radius 2 is 2.33 bits per heavy atom. The van der Waals surface area contributed by atoms with E-state index in [1.807, 2.05) is 12.1 Å². The van der Waals surface area contributed by atoms with Gasteiger partial charge in [-0.2, -0.15) is 0 Å². The van der Waals surface area contributed by atoms with Crippen molar-refractivity contribution in [2.75, 3.05) is 33.4 Å². The second kappa shape index (κ2) is 5.64. The molecule has 3 heterocycles. The van der Waals surface area contributed by atoms with Crippen LogP contribution in [0.15, 0.2) is 22.9 Å². The molecule has 2 aliphatic heterocycles. The van der Waals surface area contributed by atoms with Crippen LogP contribution in [0.25, 0.3) is 0 Å². The highest BCUT2D eigenvalue weighted by molar-refractivity contribution is 9.10. The van der Waals surface area contributed by atoms with Crippen LogP contribution in [0.2, 0.25) is 0 Å². The first-order valence-corrected chi connectivity index (χ1v) is 7.54. The molecule has 1 spiro atoms. The molecule has 21 heavy (non-hydrogen) atoms. The molecule has 1 aromatic rings. The van der Waals surface area contributed by atoms with E-state index in [1.165, 1.54) is 7.11 Å². The van der Waals surface area contributed by atoms with Crippen LogP contribution < -0.4 is 5.32 Å². The monoisotopic (exact) mass is 356 g/mol. The van der Waals surface area contributed by atoms with Gasteiger partial charge in [0.15, 0.2) is 0 Å². The minimum absolute atomic E-state index is 0.0978. The van der Waals surface area contributed by atoms with Gasteiger partial charge >= 0.3 is 5.97 Å². The van der Waals surface area contributed by atoms with Crippen molar-refractivity contribution in [3.8, 4) is 0 Å². The zero-order valence-electron chi connectivity index (χ0n) is 11.7. The minimum Gasteiger partial charge on any atom is -0.467 e. The predicted octanol–water partition coefficient (Wildman–Crippen LogP) is 0.991. The molecule has 2 saturated heterocycles. The van der Waals surface area contributed by atoms with Crippen LogP contribution in [-0.2, 0) is 24.6 Å². The van der Waals surface area contributed by atoms with Crippen molar-refractivity contribution in [1.82, 2.24) is 10.3 Å². The molecule has 3 rings (SSSR count). The van der Waals surface area contributed by atoms with Crippen molar-refractivity contribution in [2.45, 2.75) is 17.6 Å². The summed E-state index contributed by atoms with van der Waals surface area (Å²) in [5.74, 6) is -0.396. The first kappa shape index (κ1) is 14.9. The van der Waals surface area contributed by atoms with Gasteiger partial charge in [0.2, 0.25) is 0 Å². The van der Waals surface area contributed by atoms with Gasteiger partial charge in [0, 0.05) is 31.3 Å². The van der Waals surface area contributed by atoms with E-state index >= 15 is 0 Å². The fraction of sp³-hybridized carbons (Fsp3) is 0.571. The number of halogens is 1. The van der Waals surface area contributed by atoms with Gasteiger partial charge in [-0.3, -0.25) is 0 Å². The molecule has 0 saturated carbocycles. The third-order valence-electron chi connectivity index (χ3n) is 4.06. The fourth-order valence-corrected chi connectivity index (χ4v) is 3.02. The van der Waals surface area contributed by atoms with E-state index in [2.05, 4.69) is 31.0 Å². The van der Waals surface area contributed by atoms with E-state index < -0.39 is 11.6 Å². The molecule has 1 unspecified atom stereocenters. The highest BCUT2D eigenvalue weighted by atomic mass is 79.9. The molecule has 0 aliphatic carbocycles. The Labute approximate surface area is 131 Å². The van der Waals surface area contributed by atoms with Gasteiger partial charge in [-0.05, 0) is 22.0 Å². The van der Waals surface area contributed by atoms with Crippen molar-refractivity contribution in [1.29, 1.82) is 0 Å². The molecule has 0 amide bonds. The quantitative estimate of drug-likeness (QED) is 0.640. The highest BCUT2D eigenvalue weighted by Gasteiger charge is 2.54. The van der Waals surface area contributed by atoms with Gasteiger partial charge in [-0.25, -0.2) is 9.78 Å². The Hall–Kier alpha value is -1.02. The summed E-state index contributed by atoms with van der Waals surface area (Å²) in [7, 11) is 1.35. The number of carbonyl (C=O) groups is 1. The maximum Gasteiger partial charge on any atom is 0.331 e. The number of nitrogens with one attached hydrogen (secondary N) is 1. The van der Waals surface area contributed by atoms with Crippen molar-refractivity contribution in [3.05, 3.63) is 28.5 Å². The van der Waals surface area contributed by atoms with Crippen molar-refractivity contribution in [3.63, 3.8) is 0 Å². The lowest BCUT2D eigenvalue weighted by Gasteiger charge is -2.39. The van der Waals surface area contributed by atoms with E-state index in [4.69, 9.17) is 9.47 Å². The van der Waals surface area contributed by atoms with Crippen molar-refractivity contribution in [2.24, 2.45) is 0 Å². The summed E-state index contributed by atoms with van der Waals surface area (Å²) in [6, 6.07) is 3.81. The smallest absolute Gasteiger partial charge is 0.331 e. The molecule has 6 nitrogen and oxygen atoms in total. The number of methoxy groups -OCH3 is 1. The van der Waals surface area contributed by atoms with Crippen LogP contribution in [0.3, 0.4) is 0 Å². The summed E-state index contributed by atoms with van der Waals surface area (Å²) < 4.78 is 17.3. The number of aromatic nitrogens is 1. The summed E-state index contributed by atoms with van der Waals surface area (Å²) in [4.78, 5) is 15.7. The predicted molar refractivity (Wildman–Crippen MR) is 77.8 cm³/mol. The Morgan fingerprint density at radius 3 is 2.86 bits per heavy atom. The highest BCUT2D eigenvalue weighted by Crippen LogP contribution is 2.44. The third kappa shape index (κ3) is 2.83. The van der Waals surface area contributed by atoms with Gasteiger partial charge in [0.05, 0.1) is 19.3 Å². The van der Waals surface area contributed by atoms with Gasteiger partial charge in [0.25, 0.3) is 0 Å². The Morgan fingerprint density at radius 1 is 1.52 bits per heavy atom. The number of rotatable bonds is 4. The lowest BCUT2D eigenvalue weighted by molar-refractivity contribution is -0.154. The third-order valence-corrected chi connectivity index (χ3v) is 4.53. The zero-order valence-corrected chi connectivity index (χ0v) is 13.3. The number of pyridine rings is 1. The second-order valence-corrected chi connectivity index (χ2v) is 6.29. The zero-order chi connectivity index (χ0) is 14.9. The van der Waals surface area contributed by atoms with Crippen LogP contribution in [0.1, 0.15) is 12.0 Å². The summed E-state index contributed by atoms with van der Waals surface area (Å²) in [5, 5.41) is 3.22. The van der Waals surface area contributed by atoms with E-state index in [0.717, 1.165) is 23.3 Å². The maximum atomic E-state index is 11.4. The van der Waals surface area contributed by atoms with Gasteiger partial charge in [-0.15, -0.1) is 0 Å². The van der Waals surface area contributed by atoms with Crippen molar-refractivity contribution < 1.29 is 19.0 Å². The molecular weight excluding hydrogens is 340 g/mol. The molecule has 114 valence electrons. The molecule has 0 bridgehead atoms. The van der Waals surface area contributed by atoms with E-state index in [-0.39, 0.29) is 12.2 Å². The minimum atomic E-state index is -0.649. The lowest BCUT2D eigenvalue weighted by atomic mass is 9.83. The molecule has 1 atom stereocenters. The van der Waals surface area contributed by atoms with Crippen LogP contribution in [0.4, 0.5) is 0 Å². The van der Waals surface area contributed by atoms with Crippen LogP contribution in [-0.4, -0.2) is 50.0 Å². The molecule has 7 heteroatoms. The summed E-state index contributed by atoms with van der Waals surface area (Å²) in [6.07, 6.45) is 2.46. The van der Waals surface area contributed by atoms with Gasteiger partial charge in [-0.1, -0.05) is 6.07 Å². The summed E-state index contributed by atoms with van der Waals surface area (Å²) >= 11 is 3.33. The van der Waals surface area contributed by atoms with Crippen LogP contribution in [0.5, 0.6) is 0 Å². The molecule has 1 aromatic heterocycles. The summed E-state index contributed by atoms with van der Waals surface area (Å²) in [5.41, 5.74) is 0.0751.